The summed E-state index contributed by atoms with van der Waals surface area (Å²) in [5, 5.41) is 3.21. The highest BCUT2D eigenvalue weighted by Crippen LogP contribution is 2.41. The van der Waals surface area contributed by atoms with Crippen LogP contribution in [0.15, 0.2) is 54.7 Å². The predicted octanol–water partition coefficient (Wildman–Crippen LogP) is 2.70. The van der Waals surface area contributed by atoms with Crippen molar-refractivity contribution in [3.63, 3.8) is 0 Å². The van der Waals surface area contributed by atoms with Crippen LogP contribution in [0, 0.1) is 11.8 Å². The number of benzene rings is 1. The molecular formula is C21H23N3O2. The van der Waals surface area contributed by atoms with E-state index in [-0.39, 0.29) is 30.2 Å². The molecule has 0 spiro atoms. The Morgan fingerprint density at radius 1 is 1.15 bits per heavy atom. The fourth-order valence-corrected chi connectivity index (χ4v) is 3.62. The van der Waals surface area contributed by atoms with Crippen molar-refractivity contribution in [1.29, 1.82) is 0 Å². The Bertz CT molecular complexity index is 774. The summed E-state index contributed by atoms with van der Waals surface area (Å²) < 4.78 is 0. The van der Waals surface area contributed by atoms with Crippen molar-refractivity contribution in [3.05, 3.63) is 66.0 Å². The lowest BCUT2D eigenvalue weighted by molar-refractivity contribution is -0.129. The van der Waals surface area contributed by atoms with Gasteiger partial charge in [-0.1, -0.05) is 36.4 Å². The number of aromatic nitrogens is 1. The van der Waals surface area contributed by atoms with Gasteiger partial charge in [0.15, 0.2) is 0 Å². The number of hydrogen-bond acceptors (Lipinski definition) is 3. The number of nitrogens with zero attached hydrogens (tertiary/aromatic N) is 2. The van der Waals surface area contributed by atoms with E-state index in [2.05, 4.69) is 22.4 Å². The lowest BCUT2D eigenvalue weighted by Gasteiger charge is -2.21. The molecule has 2 aromatic rings. The quantitative estimate of drug-likeness (QED) is 0.872. The van der Waals surface area contributed by atoms with E-state index in [1.807, 2.05) is 36.4 Å². The molecule has 1 aromatic carbocycles. The van der Waals surface area contributed by atoms with Gasteiger partial charge in [-0.25, -0.2) is 0 Å². The molecule has 0 unspecified atom stereocenters. The molecule has 1 N–H and O–H groups in total. The second-order valence-electron chi connectivity index (χ2n) is 7.23. The second kappa shape index (κ2) is 7.28. The molecule has 0 bridgehead atoms. The smallest absolute Gasteiger partial charge is 0.225 e. The number of hydrogen-bond donors (Lipinski definition) is 1. The van der Waals surface area contributed by atoms with E-state index in [1.54, 1.807) is 11.1 Å². The Balaban J connectivity index is 1.39. The molecule has 2 aliphatic rings. The van der Waals surface area contributed by atoms with Gasteiger partial charge in [0.2, 0.25) is 11.8 Å². The van der Waals surface area contributed by atoms with Crippen molar-refractivity contribution in [1.82, 2.24) is 15.2 Å². The van der Waals surface area contributed by atoms with Crippen LogP contribution >= 0.6 is 0 Å². The molecule has 1 saturated carbocycles. The van der Waals surface area contributed by atoms with Gasteiger partial charge in [-0.3, -0.25) is 14.6 Å². The van der Waals surface area contributed by atoms with E-state index in [0.717, 1.165) is 24.1 Å². The van der Waals surface area contributed by atoms with Gasteiger partial charge in [-0.05, 0) is 36.5 Å². The molecule has 1 aromatic heterocycles. The highest BCUT2D eigenvalue weighted by molar-refractivity contribution is 5.89. The first-order chi connectivity index (χ1) is 12.7. The summed E-state index contributed by atoms with van der Waals surface area (Å²) >= 11 is 0. The Hall–Kier alpha value is -2.69. The van der Waals surface area contributed by atoms with Gasteiger partial charge in [0.25, 0.3) is 0 Å². The van der Waals surface area contributed by atoms with Gasteiger partial charge in [0, 0.05) is 19.2 Å². The molecule has 0 radical (unpaired) electrons. The fraction of sp³-hybridized carbons (Fsp3) is 0.381. The number of likely N-dealkylation sites (tertiary alicyclic amines) is 1. The molecule has 5 heteroatoms. The fourth-order valence-electron chi connectivity index (χ4n) is 3.62. The number of carbonyl (C=O) groups is 2. The van der Waals surface area contributed by atoms with Crippen LogP contribution in [0.1, 0.15) is 36.6 Å². The first kappa shape index (κ1) is 16.8. The van der Waals surface area contributed by atoms with Crippen LogP contribution in [0.4, 0.5) is 0 Å². The molecule has 134 valence electrons. The first-order valence-electron chi connectivity index (χ1n) is 9.23. The molecule has 2 atom stereocenters. The van der Waals surface area contributed by atoms with E-state index in [0.29, 0.717) is 19.0 Å². The Morgan fingerprint density at radius 2 is 1.92 bits per heavy atom. The molecule has 2 fully saturated rings. The van der Waals surface area contributed by atoms with Crippen molar-refractivity contribution in [2.45, 2.75) is 31.8 Å². The molecule has 1 aliphatic carbocycles. The molecular weight excluding hydrogens is 326 g/mol. The normalized spacial score (nSPS) is 20.8. The Morgan fingerprint density at radius 3 is 2.62 bits per heavy atom. The highest BCUT2D eigenvalue weighted by Gasteiger charge is 2.38. The number of nitrogens with one attached hydrogen (secondary N) is 1. The third kappa shape index (κ3) is 3.77. The van der Waals surface area contributed by atoms with E-state index in [1.165, 1.54) is 0 Å². The van der Waals surface area contributed by atoms with Crippen LogP contribution in [0.3, 0.4) is 0 Å². The molecule has 26 heavy (non-hydrogen) atoms. The topological polar surface area (TPSA) is 62.3 Å². The minimum atomic E-state index is -0.281. The van der Waals surface area contributed by atoms with Crippen LogP contribution in [0.5, 0.6) is 0 Å². The standard InChI is InChI=1S/C21H23N3O2/c25-19-12-17(13-24(19)14-18-8-4-5-11-22-18)21(26)23-20(16-9-10-16)15-6-2-1-3-7-15/h1-8,11,16-17,20H,9-10,12-14H2,(H,23,26)/t17-,20+/m1/s1. The van der Waals surface area contributed by atoms with E-state index < -0.39 is 0 Å². The van der Waals surface area contributed by atoms with Gasteiger partial charge in [-0.15, -0.1) is 0 Å². The van der Waals surface area contributed by atoms with Crippen molar-refractivity contribution < 1.29 is 9.59 Å². The summed E-state index contributed by atoms with van der Waals surface area (Å²) in [6.07, 6.45) is 4.30. The number of pyridine rings is 1. The maximum absolute atomic E-state index is 12.8. The summed E-state index contributed by atoms with van der Waals surface area (Å²) in [7, 11) is 0. The third-order valence-electron chi connectivity index (χ3n) is 5.21. The van der Waals surface area contributed by atoms with Gasteiger partial charge in [0.05, 0.1) is 24.2 Å². The van der Waals surface area contributed by atoms with Crippen molar-refractivity contribution in [3.8, 4) is 0 Å². The predicted molar refractivity (Wildman–Crippen MR) is 97.8 cm³/mol. The summed E-state index contributed by atoms with van der Waals surface area (Å²) in [4.78, 5) is 31.1. The van der Waals surface area contributed by atoms with E-state index in [9.17, 15) is 9.59 Å². The summed E-state index contributed by atoms with van der Waals surface area (Å²) in [5.74, 6) is 0.250. The average molecular weight is 349 g/mol. The monoisotopic (exact) mass is 349 g/mol. The van der Waals surface area contributed by atoms with E-state index in [4.69, 9.17) is 0 Å². The van der Waals surface area contributed by atoms with Crippen LogP contribution in [-0.4, -0.2) is 28.2 Å². The van der Waals surface area contributed by atoms with Crippen LogP contribution < -0.4 is 5.32 Å². The minimum Gasteiger partial charge on any atom is -0.349 e. The maximum Gasteiger partial charge on any atom is 0.225 e. The highest BCUT2D eigenvalue weighted by atomic mass is 16.2. The summed E-state index contributed by atoms with van der Waals surface area (Å²) in [5.41, 5.74) is 2.00. The van der Waals surface area contributed by atoms with Crippen molar-refractivity contribution in [2.24, 2.45) is 11.8 Å². The molecule has 2 amide bonds. The molecule has 2 heterocycles. The third-order valence-corrected chi connectivity index (χ3v) is 5.21. The van der Waals surface area contributed by atoms with Gasteiger partial charge in [-0.2, -0.15) is 0 Å². The average Bonchev–Trinajstić information content (AvgIpc) is 3.45. The van der Waals surface area contributed by atoms with Gasteiger partial charge < -0.3 is 10.2 Å². The van der Waals surface area contributed by atoms with Crippen molar-refractivity contribution in [2.75, 3.05) is 6.54 Å². The van der Waals surface area contributed by atoms with Crippen LogP contribution in [0.25, 0.3) is 0 Å². The zero-order chi connectivity index (χ0) is 17.9. The molecule has 5 nitrogen and oxygen atoms in total. The number of rotatable bonds is 6. The minimum absolute atomic E-state index is 0.0115. The largest absolute Gasteiger partial charge is 0.349 e. The van der Waals surface area contributed by atoms with Gasteiger partial charge >= 0.3 is 0 Å². The van der Waals surface area contributed by atoms with Gasteiger partial charge in [0.1, 0.15) is 0 Å². The number of carbonyl (C=O) groups excluding carboxylic acids is 2. The Kier molecular flexibility index (Phi) is 4.69. The summed E-state index contributed by atoms with van der Waals surface area (Å²) in [6.45, 7) is 0.932. The molecule has 4 rings (SSSR count). The van der Waals surface area contributed by atoms with E-state index >= 15 is 0 Å². The van der Waals surface area contributed by atoms with Crippen LogP contribution in [0.2, 0.25) is 0 Å². The zero-order valence-electron chi connectivity index (χ0n) is 14.7. The summed E-state index contributed by atoms with van der Waals surface area (Å²) in [6, 6.07) is 15.9. The van der Waals surface area contributed by atoms with Crippen LogP contribution in [-0.2, 0) is 16.1 Å². The zero-order valence-corrected chi connectivity index (χ0v) is 14.7. The SMILES string of the molecule is O=C(N[C@@H](c1ccccc1)C1CC1)[C@@H]1CC(=O)N(Cc2ccccn2)C1. The number of amides is 2. The Labute approximate surface area is 153 Å². The molecule has 1 aliphatic heterocycles. The second-order valence-corrected chi connectivity index (χ2v) is 7.23. The lowest BCUT2D eigenvalue weighted by atomic mass is 10.0. The first-order valence-corrected chi connectivity index (χ1v) is 9.23. The molecule has 1 saturated heterocycles. The lowest BCUT2D eigenvalue weighted by Crippen LogP contribution is -2.36. The van der Waals surface area contributed by atoms with Crippen molar-refractivity contribution >= 4 is 11.8 Å². The maximum atomic E-state index is 12.8.